The van der Waals surface area contributed by atoms with E-state index in [1.54, 1.807) is 6.92 Å². The second kappa shape index (κ2) is 4.12. The highest BCUT2D eigenvalue weighted by Gasteiger charge is 2.13. The third-order valence-electron chi connectivity index (χ3n) is 2.02. The summed E-state index contributed by atoms with van der Waals surface area (Å²) in [6.45, 7) is 1.68. The number of nitrogens with one attached hydrogen (secondary N) is 2. The normalized spacial score (nSPS) is 10.2. The Hall–Kier alpha value is -2.57. The molecule has 2 aromatic heterocycles. The summed E-state index contributed by atoms with van der Waals surface area (Å²) in [6.07, 6.45) is 1.12. The van der Waals surface area contributed by atoms with Crippen LogP contribution in [0.5, 0.6) is 5.75 Å². The first-order chi connectivity index (χ1) is 8.06. The number of aromatic nitrogens is 2. The number of H-pyrrole nitrogens is 1. The molecule has 2 aromatic rings. The van der Waals surface area contributed by atoms with Crippen molar-refractivity contribution < 1.29 is 14.4 Å². The maximum absolute atomic E-state index is 11.7. The molecule has 0 atom stereocenters. The van der Waals surface area contributed by atoms with Crippen LogP contribution >= 0.6 is 0 Å². The predicted octanol–water partition coefficient (Wildman–Crippen LogP) is 0.629. The fourth-order valence-electron chi connectivity index (χ4n) is 1.25. The number of rotatable bonds is 2. The topological polar surface area (TPSA) is 108 Å². The van der Waals surface area contributed by atoms with E-state index in [1.807, 2.05) is 0 Å². The van der Waals surface area contributed by atoms with Crippen molar-refractivity contribution in [2.24, 2.45) is 0 Å². The lowest BCUT2D eigenvalue weighted by Crippen LogP contribution is -2.15. The predicted molar refractivity (Wildman–Crippen MR) is 57.9 cm³/mol. The van der Waals surface area contributed by atoms with E-state index >= 15 is 0 Å². The van der Waals surface area contributed by atoms with Crippen molar-refractivity contribution in [1.29, 1.82) is 0 Å². The van der Waals surface area contributed by atoms with Gasteiger partial charge in [0.05, 0.1) is 5.56 Å². The first-order valence-corrected chi connectivity index (χ1v) is 4.72. The number of pyridine rings is 1. The molecule has 0 aliphatic heterocycles. The van der Waals surface area contributed by atoms with Gasteiger partial charge in [0.2, 0.25) is 0 Å². The van der Waals surface area contributed by atoms with Crippen LogP contribution in [-0.2, 0) is 0 Å². The van der Waals surface area contributed by atoms with Gasteiger partial charge in [-0.1, -0.05) is 5.16 Å². The maximum Gasteiger partial charge on any atom is 0.262 e. The number of carbonyl (C=O) groups is 1. The Labute approximate surface area is 95.1 Å². The summed E-state index contributed by atoms with van der Waals surface area (Å²) >= 11 is 0. The third-order valence-corrected chi connectivity index (χ3v) is 2.02. The summed E-state index contributed by atoms with van der Waals surface area (Å²) in [7, 11) is 0. The molecule has 2 rings (SSSR count). The standard InChI is InChI=1S/C10H9N3O4/c1-5-2-8(13-17-5)12-10(16)6-4-11-9(15)3-7(6)14/h2-4H,1H3,(H2,11,14,15)(H,12,13,16). The van der Waals surface area contributed by atoms with Crippen LogP contribution in [0.15, 0.2) is 27.6 Å². The molecule has 0 spiro atoms. The molecule has 7 nitrogen and oxygen atoms in total. The SMILES string of the molecule is Cc1cc(NC(=O)c2c[nH]c(=O)cc2O)no1. The molecule has 0 aromatic carbocycles. The molecule has 88 valence electrons. The second-order valence-electron chi connectivity index (χ2n) is 3.37. The Balaban J connectivity index is 2.23. The Morgan fingerprint density at radius 1 is 1.53 bits per heavy atom. The van der Waals surface area contributed by atoms with Crippen molar-refractivity contribution in [3.63, 3.8) is 0 Å². The summed E-state index contributed by atoms with van der Waals surface area (Å²) in [4.78, 5) is 24.8. The Morgan fingerprint density at radius 3 is 2.88 bits per heavy atom. The van der Waals surface area contributed by atoms with Crippen molar-refractivity contribution in [2.45, 2.75) is 6.92 Å². The molecular weight excluding hydrogens is 226 g/mol. The van der Waals surface area contributed by atoms with Gasteiger partial charge in [-0.2, -0.15) is 0 Å². The highest BCUT2D eigenvalue weighted by Crippen LogP contribution is 2.15. The first kappa shape index (κ1) is 10.9. The minimum atomic E-state index is -0.591. The second-order valence-corrected chi connectivity index (χ2v) is 3.37. The van der Waals surface area contributed by atoms with Gasteiger partial charge in [-0.25, -0.2) is 0 Å². The van der Waals surface area contributed by atoms with E-state index in [1.165, 1.54) is 6.07 Å². The van der Waals surface area contributed by atoms with Gasteiger partial charge in [-0.15, -0.1) is 0 Å². The summed E-state index contributed by atoms with van der Waals surface area (Å²) in [5.41, 5.74) is -0.540. The van der Waals surface area contributed by atoms with Crippen LogP contribution < -0.4 is 10.9 Å². The molecule has 0 aliphatic carbocycles. The lowest BCUT2D eigenvalue weighted by Gasteiger charge is -2.02. The molecule has 0 bridgehead atoms. The van der Waals surface area contributed by atoms with Gasteiger partial charge in [-0.3, -0.25) is 9.59 Å². The van der Waals surface area contributed by atoms with Gasteiger partial charge >= 0.3 is 0 Å². The van der Waals surface area contributed by atoms with Gasteiger partial charge in [0.25, 0.3) is 11.5 Å². The van der Waals surface area contributed by atoms with Crippen molar-refractivity contribution in [1.82, 2.24) is 10.1 Å². The number of carbonyl (C=O) groups excluding carboxylic acids is 1. The van der Waals surface area contributed by atoms with Crippen LogP contribution in [0.1, 0.15) is 16.1 Å². The Morgan fingerprint density at radius 2 is 2.29 bits per heavy atom. The molecule has 0 radical (unpaired) electrons. The summed E-state index contributed by atoms with van der Waals surface area (Å²) < 4.78 is 4.77. The molecule has 0 aliphatic rings. The van der Waals surface area contributed by atoms with Gasteiger partial charge < -0.3 is 19.9 Å². The number of aromatic amines is 1. The van der Waals surface area contributed by atoms with Crippen LogP contribution in [0.3, 0.4) is 0 Å². The molecule has 1 amide bonds. The summed E-state index contributed by atoms with van der Waals surface area (Å²) in [6, 6.07) is 2.45. The van der Waals surface area contributed by atoms with Crippen LogP contribution in [0.2, 0.25) is 0 Å². The van der Waals surface area contributed by atoms with E-state index in [9.17, 15) is 14.7 Å². The number of nitrogens with zero attached hydrogens (tertiary/aromatic N) is 1. The quantitative estimate of drug-likeness (QED) is 0.707. The number of hydrogen-bond donors (Lipinski definition) is 3. The molecule has 0 unspecified atom stereocenters. The number of aromatic hydroxyl groups is 1. The van der Waals surface area contributed by atoms with Crippen LogP contribution in [-0.4, -0.2) is 21.2 Å². The number of aryl methyl sites for hydroxylation is 1. The van der Waals surface area contributed by atoms with E-state index in [0.717, 1.165) is 12.3 Å². The fraction of sp³-hybridized carbons (Fsp3) is 0.100. The lowest BCUT2D eigenvalue weighted by molar-refractivity contribution is 0.102. The fourth-order valence-corrected chi connectivity index (χ4v) is 1.25. The zero-order valence-electron chi connectivity index (χ0n) is 8.85. The molecule has 17 heavy (non-hydrogen) atoms. The summed E-state index contributed by atoms with van der Waals surface area (Å²) in [5.74, 6) is -0.206. The first-order valence-electron chi connectivity index (χ1n) is 4.72. The average Bonchev–Trinajstić information content (AvgIpc) is 2.63. The van der Waals surface area contributed by atoms with Crippen LogP contribution in [0, 0.1) is 6.92 Å². The van der Waals surface area contributed by atoms with E-state index < -0.39 is 17.2 Å². The molecule has 2 heterocycles. The van der Waals surface area contributed by atoms with E-state index in [-0.39, 0.29) is 11.4 Å². The molecule has 3 N–H and O–H groups in total. The molecular formula is C10H9N3O4. The van der Waals surface area contributed by atoms with E-state index in [4.69, 9.17) is 4.52 Å². The van der Waals surface area contributed by atoms with Gasteiger partial charge in [0, 0.05) is 18.3 Å². The van der Waals surface area contributed by atoms with E-state index in [0.29, 0.717) is 5.76 Å². The van der Waals surface area contributed by atoms with Gasteiger partial charge in [0.15, 0.2) is 5.82 Å². The van der Waals surface area contributed by atoms with Gasteiger partial charge in [-0.05, 0) is 6.92 Å². The zero-order chi connectivity index (χ0) is 12.4. The van der Waals surface area contributed by atoms with Crippen LogP contribution in [0.25, 0.3) is 0 Å². The highest BCUT2D eigenvalue weighted by atomic mass is 16.5. The smallest absolute Gasteiger partial charge is 0.262 e. The molecule has 0 fully saturated rings. The van der Waals surface area contributed by atoms with Crippen molar-refractivity contribution in [3.8, 4) is 5.75 Å². The largest absolute Gasteiger partial charge is 0.507 e. The maximum atomic E-state index is 11.7. The van der Waals surface area contributed by atoms with Crippen molar-refractivity contribution >= 4 is 11.7 Å². The zero-order valence-corrected chi connectivity index (χ0v) is 8.85. The molecule has 7 heteroatoms. The number of hydrogen-bond acceptors (Lipinski definition) is 5. The average molecular weight is 235 g/mol. The molecule has 0 saturated heterocycles. The highest BCUT2D eigenvalue weighted by molar-refractivity contribution is 6.05. The van der Waals surface area contributed by atoms with Crippen LogP contribution in [0.4, 0.5) is 5.82 Å². The number of anilines is 1. The number of amides is 1. The third kappa shape index (κ3) is 2.33. The van der Waals surface area contributed by atoms with Gasteiger partial charge in [0.1, 0.15) is 11.5 Å². The summed E-state index contributed by atoms with van der Waals surface area (Å²) in [5, 5.41) is 15.4. The minimum absolute atomic E-state index is 0.0507. The monoisotopic (exact) mass is 235 g/mol. The Bertz CT molecular complexity index is 614. The Kier molecular flexibility index (Phi) is 2.65. The molecule has 0 saturated carbocycles. The van der Waals surface area contributed by atoms with Crippen molar-refractivity contribution in [2.75, 3.05) is 5.32 Å². The van der Waals surface area contributed by atoms with Crippen molar-refractivity contribution in [3.05, 3.63) is 40.0 Å². The minimum Gasteiger partial charge on any atom is -0.507 e. The van der Waals surface area contributed by atoms with E-state index in [2.05, 4.69) is 15.5 Å². The lowest BCUT2D eigenvalue weighted by atomic mass is 10.2.